The molecule has 68 valence electrons. The van der Waals surface area contributed by atoms with Gasteiger partial charge in [-0.3, -0.25) is 0 Å². The Kier molecular flexibility index (Phi) is 2.26. The molecular weight excluding hydrogens is 171 g/mol. The van der Waals surface area contributed by atoms with Crippen LogP contribution in [0.5, 0.6) is 0 Å². The van der Waals surface area contributed by atoms with Crippen molar-refractivity contribution >= 4 is 7.06 Å². The molecule has 2 N–H and O–H groups in total. The molecule has 0 heterocycles. The van der Waals surface area contributed by atoms with Gasteiger partial charge in [-0.15, -0.1) is 0 Å². The summed E-state index contributed by atoms with van der Waals surface area (Å²) >= 11 is 0. The third-order valence-electron chi connectivity index (χ3n) is 1.48. The summed E-state index contributed by atoms with van der Waals surface area (Å²) in [5.41, 5.74) is 0.977. The molecule has 0 atom stereocenters. The second-order valence-electron chi connectivity index (χ2n) is 3.90. The standard InChI is InChI=1S/C9H15O2P/c1-12(2,10,11)8-9-6-4-3-5-7-9/h3-7,10-11H,8H2,1-2H3. The van der Waals surface area contributed by atoms with E-state index in [0.717, 1.165) is 5.56 Å². The molecule has 0 aromatic heterocycles. The summed E-state index contributed by atoms with van der Waals surface area (Å²) < 4.78 is 0. The molecule has 1 aromatic carbocycles. The molecule has 0 bridgehead atoms. The molecule has 0 aliphatic rings. The molecule has 0 fully saturated rings. The van der Waals surface area contributed by atoms with E-state index < -0.39 is 7.06 Å². The fraction of sp³-hybridized carbons (Fsp3) is 0.333. The molecule has 12 heavy (non-hydrogen) atoms. The van der Waals surface area contributed by atoms with Crippen molar-refractivity contribution in [2.45, 2.75) is 6.16 Å². The van der Waals surface area contributed by atoms with Crippen molar-refractivity contribution in [2.75, 3.05) is 13.3 Å². The van der Waals surface area contributed by atoms with Crippen LogP contribution in [0.15, 0.2) is 30.3 Å². The topological polar surface area (TPSA) is 40.5 Å². The van der Waals surface area contributed by atoms with E-state index in [9.17, 15) is 9.79 Å². The quantitative estimate of drug-likeness (QED) is 0.691. The van der Waals surface area contributed by atoms with Gasteiger partial charge in [0.05, 0.1) is 0 Å². The summed E-state index contributed by atoms with van der Waals surface area (Å²) in [5.74, 6) is 0. The van der Waals surface area contributed by atoms with Gasteiger partial charge in [0.25, 0.3) is 0 Å². The molecule has 0 radical (unpaired) electrons. The SMILES string of the molecule is CP(C)(O)(O)Cc1ccccc1. The molecule has 0 spiro atoms. The molecule has 3 heteroatoms. The molecule has 0 saturated carbocycles. The van der Waals surface area contributed by atoms with Gasteiger partial charge in [0.1, 0.15) is 0 Å². The number of benzene rings is 1. The molecule has 0 amide bonds. The van der Waals surface area contributed by atoms with Crippen LogP contribution in [0.3, 0.4) is 0 Å². The fourth-order valence-electron chi connectivity index (χ4n) is 1.11. The minimum absolute atomic E-state index is 0.367. The predicted octanol–water partition coefficient (Wildman–Crippen LogP) is 1.81. The van der Waals surface area contributed by atoms with Crippen LogP contribution in [0.25, 0.3) is 0 Å². The molecule has 1 aromatic rings. The Morgan fingerprint density at radius 2 is 1.58 bits per heavy atom. The van der Waals surface area contributed by atoms with Crippen molar-refractivity contribution in [1.82, 2.24) is 0 Å². The average Bonchev–Trinajstić information content (AvgIpc) is 1.83. The van der Waals surface area contributed by atoms with Crippen molar-refractivity contribution in [2.24, 2.45) is 0 Å². The van der Waals surface area contributed by atoms with Gasteiger partial charge in [-0.1, -0.05) is 0 Å². The van der Waals surface area contributed by atoms with Gasteiger partial charge in [-0.05, 0) is 0 Å². The summed E-state index contributed by atoms with van der Waals surface area (Å²) in [6, 6.07) is 9.52. The Morgan fingerprint density at radius 1 is 1.08 bits per heavy atom. The van der Waals surface area contributed by atoms with E-state index in [1.165, 1.54) is 13.3 Å². The molecule has 0 aliphatic heterocycles. The zero-order chi connectivity index (χ0) is 9.27. The van der Waals surface area contributed by atoms with Crippen LogP contribution < -0.4 is 0 Å². The monoisotopic (exact) mass is 186 g/mol. The predicted molar refractivity (Wildman–Crippen MR) is 53.4 cm³/mol. The molecule has 0 unspecified atom stereocenters. The van der Waals surface area contributed by atoms with Crippen molar-refractivity contribution in [3.8, 4) is 0 Å². The first kappa shape index (κ1) is 9.66. The summed E-state index contributed by atoms with van der Waals surface area (Å²) in [6.45, 7) is 3.05. The van der Waals surface area contributed by atoms with Gasteiger partial charge in [-0.2, -0.15) is 0 Å². The van der Waals surface area contributed by atoms with Gasteiger partial charge in [0.15, 0.2) is 0 Å². The van der Waals surface area contributed by atoms with Crippen molar-refractivity contribution in [1.29, 1.82) is 0 Å². The Morgan fingerprint density at radius 3 is 2.00 bits per heavy atom. The maximum absolute atomic E-state index is 9.62. The number of rotatable bonds is 2. The van der Waals surface area contributed by atoms with E-state index in [1.54, 1.807) is 0 Å². The van der Waals surface area contributed by atoms with E-state index in [0.29, 0.717) is 6.16 Å². The van der Waals surface area contributed by atoms with E-state index in [2.05, 4.69) is 0 Å². The number of hydrogen-bond acceptors (Lipinski definition) is 2. The van der Waals surface area contributed by atoms with Gasteiger partial charge in [-0.25, -0.2) is 0 Å². The minimum atomic E-state index is -3.35. The van der Waals surface area contributed by atoms with Gasteiger partial charge >= 0.3 is 72.2 Å². The maximum atomic E-state index is 9.62. The van der Waals surface area contributed by atoms with Crippen LogP contribution >= 0.6 is 7.06 Å². The van der Waals surface area contributed by atoms with Crippen molar-refractivity contribution in [3.05, 3.63) is 35.9 Å². The Bertz CT molecular complexity index is 252. The van der Waals surface area contributed by atoms with Gasteiger partial charge < -0.3 is 0 Å². The van der Waals surface area contributed by atoms with Crippen LogP contribution in [0, 0.1) is 0 Å². The first-order valence-electron chi connectivity index (χ1n) is 3.87. The molecule has 2 nitrogen and oxygen atoms in total. The summed E-state index contributed by atoms with van der Waals surface area (Å²) in [4.78, 5) is 19.2. The number of hydrogen-bond donors (Lipinski definition) is 2. The zero-order valence-electron chi connectivity index (χ0n) is 7.44. The Labute approximate surface area is 73.0 Å². The Balaban J connectivity index is 2.79. The molecule has 1 rings (SSSR count). The van der Waals surface area contributed by atoms with Gasteiger partial charge in [0, 0.05) is 0 Å². The van der Waals surface area contributed by atoms with E-state index >= 15 is 0 Å². The first-order valence-corrected chi connectivity index (χ1v) is 7.10. The molecule has 0 saturated heterocycles. The van der Waals surface area contributed by atoms with Crippen LogP contribution in [-0.2, 0) is 6.16 Å². The van der Waals surface area contributed by atoms with Crippen LogP contribution in [0.4, 0.5) is 0 Å². The van der Waals surface area contributed by atoms with Crippen LogP contribution in [-0.4, -0.2) is 23.1 Å². The third-order valence-corrected chi connectivity index (χ3v) is 2.76. The van der Waals surface area contributed by atoms with Crippen LogP contribution in [0.2, 0.25) is 0 Å². The third kappa shape index (κ3) is 3.82. The first-order chi connectivity index (χ1) is 5.33. The second kappa shape index (κ2) is 2.81. The van der Waals surface area contributed by atoms with Gasteiger partial charge in [0.2, 0.25) is 0 Å². The van der Waals surface area contributed by atoms with Crippen molar-refractivity contribution in [3.63, 3.8) is 0 Å². The Hall–Kier alpha value is -0.430. The summed E-state index contributed by atoms with van der Waals surface area (Å²) in [5, 5.41) is 0. The second-order valence-corrected chi connectivity index (χ2v) is 8.72. The zero-order valence-corrected chi connectivity index (χ0v) is 8.33. The van der Waals surface area contributed by atoms with Crippen molar-refractivity contribution < 1.29 is 9.79 Å². The molecular formula is C9H15O2P. The van der Waals surface area contributed by atoms with Crippen LogP contribution in [0.1, 0.15) is 5.56 Å². The fourth-order valence-corrected chi connectivity index (χ4v) is 2.38. The van der Waals surface area contributed by atoms with E-state index in [4.69, 9.17) is 0 Å². The average molecular weight is 186 g/mol. The summed E-state index contributed by atoms with van der Waals surface area (Å²) in [6.07, 6.45) is 0.367. The van der Waals surface area contributed by atoms with E-state index in [1.807, 2.05) is 30.3 Å². The molecule has 0 aliphatic carbocycles. The van der Waals surface area contributed by atoms with E-state index in [-0.39, 0.29) is 0 Å². The summed E-state index contributed by atoms with van der Waals surface area (Å²) in [7, 11) is -3.35. The normalized spacial score (nSPS) is 15.2.